The van der Waals surface area contributed by atoms with E-state index in [2.05, 4.69) is 21.1 Å². The van der Waals surface area contributed by atoms with Gasteiger partial charge in [0.2, 0.25) is 0 Å². The Labute approximate surface area is 162 Å². The van der Waals surface area contributed by atoms with E-state index in [4.69, 9.17) is 9.47 Å². The lowest BCUT2D eigenvalue weighted by atomic mass is 9.96. The maximum Gasteiger partial charge on any atom is 0.340 e. The molecule has 2 unspecified atom stereocenters. The molecule has 8 nitrogen and oxygen atoms in total. The molecule has 4 rings (SSSR count). The number of esters is 1. The lowest BCUT2D eigenvalue weighted by Gasteiger charge is -2.20. The fraction of sp³-hybridized carbons (Fsp3) is 0.400. The molecule has 0 aliphatic carbocycles. The van der Waals surface area contributed by atoms with Crippen molar-refractivity contribution in [2.75, 3.05) is 19.8 Å². The highest BCUT2D eigenvalue weighted by molar-refractivity contribution is 6.06. The van der Waals surface area contributed by atoms with Gasteiger partial charge in [-0.05, 0) is 19.4 Å². The van der Waals surface area contributed by atoms with Crippen molar-refractivity contribution in [3.63, 3.8) is 0 Å². The van der Waals surface area contributed by atoms with Gasteiger partial charge in [0.25, 0.3) is 0 Å². The number of H-pyrrole nitrogens is 1. The van der Waals surface area contributed by atoms with Crippen molar-refractivity contribution in [3.05, 3.63) is 36.4 Å². The molecule has 1 aliphatic heterocycles. The Kier molecular flexibility index (Phi) is 5.08. The Balaban J connectivity index is 1.78. The molecule has 0 amide bonds. The second-order valence-corrected chi connectivity index (χ2v) is 6.77. The highest BCUT2D eigenvalue weighted by Crippen LogP contribution is 2.34. The van der Waals surface area contributed by atoms with Crippen LogP contribution in [0.4, 0.5) is 0 Å². The molecule has 1 aliphatic rings. The second kappa shape index (κ2) is 7.82. The Morgan fingerprint density at radius 3 is 3.18 bits per heavy atom. The van der Waals surface area contributed by atoms with Gasteiger partial charge in [-0.15, -0.1) is 0 Å². The highest BCUT2D eigenvalue weighted by Gasteiger charge is 2.28. The van der Waals surface area contributed by atoms with Crippen molar-refractivity contribution in [2.45, 2.75) is 25.8 Å². The molecular formula is C20H21N5O3. The van der Waals surface area contributed by atoms with E-state index in [0.717, 1.165) is 22.9 Å². The quantitative estimate of drug-likeness (QED) is 0.660. The largest absolute Gasteiger partial charge is 0.462 e. The number of hydrogen-bond acceptors (Lipinski definition) is 6. The fourth-order valence-electron chi connectivity index (χ4n) is 3.76. The van der Waals surface area contributed by atoms with Crippen LogP contribution < -0.4 is 0 Å². The van der Waals surface area contributed by atoms with Gasteiger partial charge in [-0.2, -0.15) is 10.4 Å². The zero-order valence-electron chi connectivity index (χ0n) is 15.6. The van der Waals surface area contributed by atoms with E-state index in [0.29, 0.717) is 30.8 Å². The highest BCUT2D eigenvalue weighted by atomic mass is 16.5. The van der Waals surface area contributed by atoms with Crippen LogP contribution in [0.25, 0.3) is 22.2 Å². The van der Waals surface area contributed by atoms with Gasteiger partial charge in [-0.3, -0.25) is 4.68 Å². The van der Waals surface area contributed by atoms with Crippen molar-refractivity contribution < 1.29 is 14.3 Å². The molecule has 0 spiro atoms. The van der Waals surface area contributed by atoms with E-state index >= 15 is 0 Å². The topological polar surface area (TPSA) is 106 Å². The third-order valence-corrected chi connectivity index (χ3v) is 5.12. The molecule has 1 fully saturated rings. The second-order valence-electron chi connectivity index (χ2n) is 6.77. The molecular weight excluding hydrogens is 358 g/mol. The van der Waals surface area contributed by atoms with Crippen LogP contribution >= 0.6 is 0 Å². The molecule has 3 aromatic heterocycles. The summed E-state index contributed by atoms with van der Waals surface area (Å²) >= 11 is 0. The van der Waals surface area contributed by atoms with E-state index in [1.54, 1.807) is 19.3 Å². The zero-order chi connectivity index (χ0) is 19.5. The standard InChI is InChI=1S/C20H21N5O3/c1-2-28-20(26)16-10-23-19-15(4-7-22-19)18(16)14-9-24-25(11-14)17(3-6-21)13-5-8-27-12-13/h4,7,9-11,13,17H,2-3,5,8,12H2,1H3,(H,22,23). The minimum atomic E-state index is -0.418. The van der Waals surface area contributed by atoms with Crippen molar-refractivity contribution in [3.8, 4) is 17.2 Å². The van der Waals surface area contributed by atoms with Gasteiger partial charge < -0.3 is 14.5 Å². The number of aromatic nitrogens is 4. The van der Waals surface area contributed by atoms with E-state index in [-0.39, 0.29) is 18.6 Å². The van der Waals surface area contributed by atoms with Crippen LogP contribution in [-0.4, -0.2) is 45.5 Å². The number of rotatable bonds is 6. The molecule has 4 heterocycles. The number of carbonyl (C=O) groups is 1. The average molecular weight is 379 g/mol. The summed E-state index contributed by atoms with van der Waals surface area (Å²) in [6, 6.07) is 4.08. The molecule has 1 saturated heterocycles. The lowest BCUT2D eigenvalue weighted by Crippen LogP contribution is -2.20. The lowest BCUT2D eigenvalue weighted by molar-refractivity contribution is 0.0527. The summed E-state index contributed by atoms with van der Waals surface area (Å²) < 4.78 is 12.5. The Hall–Kier alpha value is -3.18. The number of hydrogen-bond donors (Lipinski definition) is 1. The van der Waals surface area contributed by atoms with Crippen molar-refractivity contribution in [1.29, 1.82) is 5.26 Å². The minimum Gasteiger partial charge on any atom is -0.462 e. The van der Waals surface area contributed by atoms with Gasteiger partial charge in [0.1, 0.15) is 5.65 Å². The van der Waals surface area contributed by atoms with E-state index < -0.39 is 5.97 Å². The Morgan fingerprint density at radius 1 is 1.54 bits per heavy atom. The van der Waals surface area contributed by atoms with Crippen molar-refractivity contribution >= 4 is 17.0 Å². The molecule has 0 saturated carbocycles. The summed E-state index contributed by atoms with van der Waals surface area (Å²) in [7, 11) is 0. The van der Waals surface area contributed by atoms with Crippen molar-refractivity contribution in [2.24, 2.45) is 5.92 Å². The average Bonchev–Trinajstić information content (AvgIpc) is 3.47. The van der Waals surface area contributed by atoms with Crippen LogP contribution in [0.3, 0.4) is 0 Å². The summed E-state index contributed by atoms with van der Waals surface area (Å²) in [6.45, 7) is 3.40. The number of nitrogens with zero attached hydrogens (tertiary/aromatic N) is 4. The van der Waals surface area contributed by atoms with E-state index in [1.165, 1.54) is 6.20 Å². The molecule has 0 aromatic carbocycles. The van der Waals surface area contributed by atoms with Gasteiger partial charge in [0.05, 0.1) is 43.5 Å². The first-order chi connectivity index (χ1) is 13.7. The number of nitriles is 1. The third kappa shape index (κ3) is 3.25. The number of fused-ring (bicyclic) bond motifs is 1. The molecule has 8 heteroatoms. The maximum absolute atomic E-state index is 12.5. The van der Waals surface area contributed by atoms with Gasteiger partial charge in [-0.25, -0.2) is 9.78 Å². The summed E-state index contributed by atoms with van der Waals surface area (Å²) in [5.74, 6) is -0.166. The SMILES string of the molecule is CCOC(=O)c1cnc2[nH]ccc2c1-c1cnn(C(CC#N)C2CCOC2)c1. The maximum atomic E-state index is 12.5. The van der Waals surface area contributed by atoms with Crippen molar-refractivity contribution in [1.82, 2.24) is 19.7 Å². The summed E-state index contributed by atoms with van der Waals surface area (Å²) in [6.07, 6.45) is 8.20. The fourth-order valence-corrected chi connectivity index (χ4v) is 3.76. The molecule has 0 radical (unpaired) electrons. The molecule has 0 bridgehead atoms. The predicted octanol–water partition coefficient (Wildman–Crippen LogP) is 3.09. The normalized spacial score (nSPS) is 17.5. The Bertz CT molecular complexity index is 1030. The first-order valence-electron chi connectivity index (χ1n) is 9.35. The van der Waals surface area contributed by atoms with Crippen LogP contribution in [0.5, 0.6) is 0 Å². The summed E-state index contributed by atoms with van der Waals surface area (Å²) in [5, 5.41) is 14.6. The van der Waals surface area contributed by atoms with Crippen LogP contribution in [0, 0.1) is 17.2 Å². The zero-order valence-corrected chi connectivity index (χ0v) is 15.6. The van der Waals surface area contributed by atoms with Crippen LogP contribution in [-0.2, 0) is 9.47 Å². The minimum absolute atomic E-state index is 0.0594. The van der Waals surface area contributed by atoms with Gasteiger partial charge in [-0.1, -0.05) is 0 Å². The monoisotopic (exact) mass is 379 g/mol. The molecule has 144 valence electrons. The first-order valence-corrected chi connectivity index (χ1v) is 9.35. The van der Waals surface area contributed by atoms with Gasteiger partial charge in [0.15, 0.2) is 0 Å². The number of pyridine rings is 1. The van der Waals surface area contributed by atoms with Crippen LogP contribution in [0.1, 0.15) is 36.2 Å². The van der Waals surface area contributed by atoms with E-state index in [1.807, 2.05) is 16.9 Å². The summed E-state index contributed by atoms with van der Waals surface area (Å²) in [5.41, 5.74) is 2.61. The smallest absolute Gasteiger partial charge is 0.340 e. The Morgan fingerprint density at radius 2 is 2.43 bits per heavy atom. The molecule has 1 N–H and O–H groups in total. The molecule has 3 aromatic rings. The van der Waals surface area contributed by atoms with Gasteiger partial charge >= 0.3 is 5.97 Å². The first kappa shape index (κ1) is 18.2. The van der Waals surface area contributed by atoms with E-state index in [9.17, 15) is 10.1 Å². The molecule has 2 atom stereocenters. The number of carbonyl (C=O) groups excluding carboxylic acids is 1. The molecule has 28 heavy (non-hydrogen) atoms. The number of nitrogens with one attached hydrogen (secondary N) is 1. The number of ether oxygens (including phenoxy) is 2. The summed E-state index contributed by atoms with van der Waals surface area (Å²) in [4.78, 5) is 19.9. The number of aromatic amines is 1. The van der Waals surface area contributed by atoms with Gasteiger partial charge in [0, 0.05) is 47.6 Å². The van der Waals surface area contributed by atoms with Crippen LogP contribution in [0.2, 0.25) is 0 Å². The van der Waals surface area contributed by atoms with Crippen LogP contribution in [0.15, 0.2) is 30.9 Å². The predicted molar refractivity (Wildman–Crippen MR) is 101 cm³/mol. The third-order valence-electron chi connectivity index (χ3n) is 5.12.